The normalized spacial score (nSPS) is 30.2. The summed E-state index contributed by atoms with van der Waals surface area (Å²) in [5.74, 6) is -0.0131. The van der Waals surface area contributed by atoms with Crippen molar-refractivity contribution < 1.29 is 9.90 Å². The van der Waals surface area contributed by atoms with Crippen molar-refractivity contribution >= 4 is 23.4 Å². The average Bonchev–Trinajstić information content (AvgIpc) is 2.09. The first-order valence-corrected chi connectivity index (χ1v) is 5.25. The zero-order valence-electron chi connectivity index (χ0n) is 7.78. The van der Waals surface area contributed by atoms with E-state index in [4.69, 9.17) is 5.11 Å². The molecule has 1 saturated heterocycles. The molecule has 2 unspecified atom stereocenters. The lowest BCUT2D eigenvalue weighted by Crippen LogP contribution is -2.41. The molecule has 0 aromatic rings. The Kier molecular flexibility index (Phi) is 3.74. The van der Waals surface area contributed by atoms with E-state index in [1.165, 1.54) is 7.05 Å². The molecule has 0 aromatic heterocycles. The number of carboxylic acids is 1. The number of aliphatic carboxylic acids is 1. The van der Waals surface area contributed by atoms with E-state index in [0.717, 1.165) is 5.75 Å². The van der Waals surface area contributed by atoms with Gasteiger partial charge in [-0.2, -0.15) is 0 Å². The highest BCUT2D eigenvalue weighted by Gasteiger charge is 2.26. The lowest BCUT2D eigenvalue weighted by molar-refractivity contribution is -0.129. The predicted molar refractivity (Wildman–Crippen MR) is 54.4 cm³/mol. The van der Waals surface area contributed by atoms with Crippen LogP contribution < -0.4 is 5.32 Å². The molecule has 5 heteroatoms. The largest absolute Gasteiger partial charge is 0.477 e. The molecule has 1 rings (SSSR count). The minimum atomic E-state index is -0.899. The molecular weight excluding hydrogens is 188 g/mol. The van der Waals surface area contributed by atoms with Crippen molar-refractivity contribution in [2.24, 2.45) is 10.9 Å². The third-order valence-electron chi connectivity index (χ3n) is 2.05. The van der Waals surface area contributed by atoms with E-state index in [1.54, 1.807) is 11.8 Å². The van der Waals surface area contributed by atoms with Crippen LogP contribution in [-0.4, -0.2) is 41.5 Å². The Morgan fingerprint density at radius 1 is 1.69 bits per heavy atom. The van der Waals surface area contributed by atoms with Gasteiger partial charge in [0.25, 0.3) is 0 Å². The number of aliphatic imine (C=N–C) groups is 1. The van der Waals surface area contributed by atoms with Gasteiger partial charge in [-0.15, -0.1) is 11.8 Å². The molecule has 0 amide bonds. The second-order valence-corrected chi connectivity index (χ2v) is 4.37. The fourth-order valence-electron chi connectivity index (χ4n) is 1.32. The van der Waals surface area contributed by atoms with Gasteiger partial charge >= 0.3 is 5.97 Å². The summed E-state index contributed by atoms with van der Waals surface area (Å²) in [6, 6.07) is 0. The molecule has 74 valence electrons. The minimum absolute atomic E-state index is 0.0451. The van der Waals surface area contributed by atoms with Crippen molar-refractivity contribution in [3.63, 3.8) is 0 Å². The Morgan fingerprint density at radius 3 is 2.77 bits per heavy atom. The number of nitrogens with zero attached hydrogens (tertiary/aromatic N) is 1. The summed E-state index contributed by atoms with van der Waals surface area (Å²) in [5.41, 5.74) is 0.284. The first-order valence-electron chi connectivity index (χ1n) is 4.20. The molecule has 2 N–H and O–H groups in total. The molecule has 1 aliphatic heterocycles. The average molecular weight is 202 g/mol. The van der Waals surface area contributed by atoms with E-state index in [2.05, 4.69) is 17.2 Å². The van der Waals surface area contributed by atoms with Crippen LogP contribution in [0.5, 0.6) is 0 Å². The van der Waals surface area contributed by atoms with E-state index in [1.807, 2.05) is 0 Å². The second-order valence-electron chi connectivity index (χ2n) is 2.99. The summed E-state index contributed by atoms with van der Waals surface area (Å²) < 4.78 is 0. The molecule has 0 radical (unpaired) electrons. The number of hydrogen-bond donors (Lipinski definition) is 2. The molecule has 1 heterocycles. The Balaban J connectivity index is 2.57. The van der Waals surface area contributed by atoms with Crippen molar-refractivity contribution in [3.8, 4) is 0 Å². The molecule has 2 atom stereocenters. The fraction of sp³-hybridized carbons (Fsp3) is 0.750. The Morgan fingerprint density at radius 2 is 2.38 bits per heavy atom. The number of thioether (sulfide) groups is 1. The van der Waals surface area contributed by atoms with Gasteiger partial charge < -0.3 is 10.4 Å². The lowest BCUT2D eigenvalue weighted by Gasteiger charge is -2.26. The number of nitrogens with one attached hydrogen (secondary N) is 1. The Labute approximate surface area is 81.8 Å². The molecule has 0 bridgehead atoms. The van der Waals surface area contributed by atoms with Crippen molar-refractivity contribution in [3.05, 3.63) is 0 Å². The predicted octanol–water partition coefficient (Wildman–Crippen LogP) is 0.440. The standard InChI is InChI=1S/C8H14N2O2S/c1-5-10-3-6(4-13-5)7(9-2)8(11)12/h5-6,10H,3-4H2,1-2H3,(H,11,12). The van der Waals surface area contributed by atoms with Gasteiger partial charge in [-0.3, -0.25) is 4.99 Å². The van der Waals surface area contributed by atoms with E-state index in [-0.39, 0.29) is 11.6 Å². The maximum absolute atomic E-state index is 10.7. The number of carbonyl (C=O) groups is 1. The van der Waals surface area contributed by atoms with Crippen molar-refractivity contribution in [2.75, 3.05) is 19.3 Å². The summed E-state index contributed by atoms with van der Waals surface area (Å²) in [6.45, 7) is 2.79. The Hall–Kier alpha value is -0.550. The van der Waals surface area contributed by atoms with Crippen LogP contribution in [-0.2, 0) is 4.79 Å². The van der Waals surface area contributed by atoms with Crippen LogP contribution >= 0.6 is 11.8 Å². The highest BCUT2D eigenvalue weighted by Crippen LogP contribution is 2.19. The van der Waals surface area contributed by atoms with Crippen LogP contribution in [0.3, 0.4) is 0 Å². The van der Waals surface area contributed by atoms with E-state index >= 15 is 0 Å². The van der Waals surface area contributed by atoms with Gasteiger partial charge in [0.2, 0.25) is 0 Å². The highest BCUT2D eigenvalue weighted by atomic mass is 32.2. The smallest absolute Gasteiger partial charge is 0.350 e. The minimum Gasteiger partial charge on any atom is -0.477 e. The summed E-state index contributed by atoms with van der Waals surface area (Å²) >= 11 is 1.73. The van der Waals surface area contributed by atoms with Gasteiger partial charge in [0.15, 0.2) is 0 Å². The van der Waals surface area contributed by atoms with Gasteiger partial charge in [0.1, 0.15) is 5.71 Å². The fourth-order valence-corrected chi connectivity index (χ4v) is 2.33. The molecule has 1 aliphatic rings. The summed E-state index contributed by atoms with van der Waals surface area (Å²) in [6.07, 6.45) is 0. The van der Waals surface area contributed by atoms with Gasteiger partial charge in [-0.1, -0.05) is 0 Å². The van der Waals surface area contributed by atoms with E-state index in [9.17, 15) is 4.79 Å². The van der Waals surface area contributed by atoms with E-state index < -0.39 is 5.97 Å². The van der Waals surface area contributed by atoms with Gasteiger partial charge in [-0.05, 0) is 6.92 Å². The monoisotopic (exact) mass is 202 g/mol. The van der Waals surface area contributed by atoms with Gasteiger partial charge in [0.05, 0.1) is 5.37 Å². The van der Waals surface area contributed by atoms with Crippen molar-refractivity contribution in [2.45, 2.75) is 12.3 Å². The molecular formula is C8H14N2O2S. The quantitative estimate of drug-likeness (QED) is 0.638. The van der Waals surface area contributed by atoms with Crippen LogP contribution in [0.25, 0.3) is 0 Å². The number of rotatable bonds is 2. The first-order chi connectivity index (χ1) is 6.15. The molecule has 0 aromatic carbocycles. The van der Waals surface area contributed by atoms with Gasteiger partial charge in [-0.25, -0.2) is 4.79 Å². The lowest BCUT2D eigenvalue weighted by atomic mass is 10.1. The van der Waals surface area contributed by atoms with Crippen molar-refractivity contribution in [1.82, 2.24) is 5.32 Å². The van der Waals surface area contributed by atoms with Crippen LogP contribution in [0, 0.1) is 5.92 Å². The SMILES string of the molecule is CN=C(C(=O)O)C1CNC(C)SC1. The molecule has 1 fully saturated rings. The Bertz CT molecular complexity index is 222. The number of carboxylic acid groups (broad SMARTS) is 1. The molecule has 0 spiro atoms. The summed E-state index contributed by atoms with van der Waals surface area (Å²) in [5, 5.41) is 12.5. The zero-order chi connectivity index (χ0) is 9.84. The van der Waals surface area contributed by atoms with Crippen LogP contribution in [0.15, 0.2) is 4.99 Å². The zero-order valence-corrected chi connectivity index (χ0v) is 8.60. The molecule has 13 heavy (non-hydrogen) atoms. The topological polar surface area (TPSA) is 61.7 Å². The maximum atomic E-state index is 10.7. The molecule has 0 aliphatic carbocycles. The summed E-state index contributed by atoms with van der Waals surface area (Å²) in [7, 11) is 1.53. The first kappa shape index (κ1) is 10.5. The van der Waals surface area contributed by atoms with E-state index in [0.29, 0.717) is 11.9 Å². The van der Waals surface area contributed by atoms with Crippen molar-refractivity contribution in [1.29, 1.82) is 0 Å². The van der Waals surface area contributed by atoms with Crippen LogP contribution in [0.2, 0.25) is 0 Å². The summed E-state index contributed by atoms with van der Waals surface area (Å²) in [4.78, 5) is 14.5. The maximum Gasteiger partial charge on any atom is 0.350 e. The van der Waals surface area contributed by atoms with Crippen LogP contribution in [0.1, 0.15) is 6.92 Å². The van der Waals surface area contributed by atoms with Crippen LogP contribution in [0.4, 0.5) is 0 Å². The third-order valence-corrected chi connectivity index (χ3v) is 3.31. The molecule has 4 nitrogen and oxygen atoms in total. The molecule has 0 saturated carbocycles. The van der Waals surface area contributed by atoms with Gasteiger partial charge in [0, 0.05) is 25.3 Å². The number of hydrogen-bond acceptors (Lipinski definition) is 4. The third kappa shape index (κ3) is 2.70. The highest BCUT2D eigenvalue weighted by molar-refractivity contribution is 7.99. The second kappa shape index (κ2) is 4.62.